The van der Waals surface area contributed by atoms with E-state index in [4.69, 9.17) is 0 Å². The van der Waals surface area contributed by atoms with Crippen LogP contribution in [0, 0.1) is 5.92 Å². The van der Waals surface area contributed by atoms with Gasteiger partial charge in [0, 0.05) is 19.1 Å². The van der Waals surface area contributed by atoms with E-state index in [0.717, 1.165) is 25.4 Å². The number of rotatable bonds is 6. The highest BCUT2D eigenvalue weighted by Crippen LogP contribution is 2.24. The normalized spacial score (nSPS) is 28.3. The molecule has 1 rings (SSSR count). The Bertz CT molecular complexity index is 185. The summed E-state index contributed by atoms with van der Waals surface area (Å²) in [6, 6.07) is 0.697. The van der Waals surface area contributed by atoms with Gasteiger partial charge in [0.05, 0.1) is 6.10 Å². The zero-order valence-corrected chi connectivity index (χ0v) is 11.1. The molecule has 0 saturated heterocycles. The Morgan fingerprint density at radius 3 is 2.69 bits per heavy atom. The molecular weight excluding hydrogens is 200 g/mol. The Kier molecular flexibility index (Phi) is 6.32. The number of hydrogen-bond acceptors (Lipinski definition) is 3. The van der Waals surface area contributed by atoms with Crippen LogP contribution in [0.25, 0.3) is 0 Å². The van der Waals surface area contributed by atoms with Crippen LogP contribution in [0.3, 0.4) is 0 Å². The number of aliphatic hydroxyl groups is 1. The molecule has 0 aromatic rings. The molecule has 0 aromatic carbocycles. The number of aliphatic hydroxyl groups excluding tert-OH is 1. The van der Waals surface area contributed by atoms with Gasteiger partial charge in [-0.1, -0.05) is 12.8 Å². The number of nitrogens with zero attached hydrogens (tertiary/aromatic N) is 1. The van der Waals surface area contributed by atoms with Gasteiger partial charge >= 0.3 is 0 Å². The predicted octanol–water partition coefficient (Wildman–Crippen LogP) is 1.47. The summed E-state index contributed by atoms with van der Waals surface area (Å²) < 4.78 is 0. The predicted molar refractivity (Wildman–Crippen MR) is 68.6 cm³/mol. The van der Waals surface area contributed by atoms with E-state index in [2.05, 4.69) is 24.3 Å². The van der Waals surface area contributed by atoms with Gasteiger partial charge in [-0.3, -0.25) is 0 Å². The van der Waals surface area contributed by atoms with E-state index < -0.39 is 0 Å². The van der Waals surface area contributed by atoms with Crippen molar-refractivity contribution >= 4 is 0 Å². The van der Waals surface area contributed by atoms with Crippen molar-refractivity contribution < 1.29 is 5.11 Å². The molecule has 0 aromatic heterocycles. The molecule has 3 unspecified atom stereocenters. The lowest BCUT2D eigenvalue weighted by molar-refractivity contribution is 0.146. The van der Waals surface area contributed by atoms with Crippen molar-refractivity contribution in [2.45, 2.75) is 51.2 Å². The summed E-state index contributed by atoms with van der Waals surface area (Å²) in [7, 11) is 4.25. The largest absolute Gasteiger partial charge is 0.393 e. The summed E-state index contributed by atoms with van der Waals surface area (Å²) in [5, 5.41) is 12.7. The van der Waals surface area contributed by atoms with Gasteiger partial charge in [-0.25, -0.2) is 0 Å². The SMILES string of the molecule is CNC1CCCCC1CN(C)CCC(C)O. The Labute approximate surface area is 100 Å². The van der Waals surface area contributed by atoms with Gasteiger partial charge in [0.2, 0.25) is 0 Å². The van der Waals surface area contributed by atoms with Crippen LogP contribution in [0.15, 0.2) is 0 Å². The number of hydrogen-bond donors (Lipinski definition) is 2. The van der Waals surface area contributed by atoms with E-state index in [1.165, 1.54) is 25.7 Å². The summed E-state index contributed by atoms with van der Waals surface area (Å²) in [6.07, 6.45) is 6.14. The Balaban J connectivity index is 2.27. The summed E-state index contributed by atoms with van der Waals surface area (Å²) in [4.78, 5) is 2.37. The third-order valence-corrected chi connectivity index (χ3v) is 3.75. The highest BCUT2D eigenvalue weighted by atomic mass is 16.3. The first-order chi connectivity index (χ1) is 7.63. The topological polar surface area (TPSA) is 35.5 Å². The van der Waals surface area contributed by atoms with Crippen LogP contribution < -0.4 is 5.32 Å². The van der Waals surface area contributed by atoms with Gasteiger partial charge in [-0.2, -0.15) is 0 Å². The van der Waals surface area contributed by atoms with Crippen molar-refractivity contribution in [1.82, 2.24) is 10.2 Å². The second-order valence-corrected chi connectivity index (χ2v) is 5.34. The van der Waals surface area contributed by atoms with Gasteiger partial charge in [0.15, 0.2) is 0 Å². The monoisotopic (exact) mass is 228 g/mol. The van der Waals surface area contributed by atoms with E-state index in [1.54, 1.807) is 0 Å². The van der Waals surface area contributed by atoms with E-state index in [9.17, 15) is 5.11 Å². The van der Waals surface area contributed by atoms with Crippen molar-refractivity contribution in [2.75, 3.05) is 27.2 Å². The quantitative estimate of drug-likeness (QED) is 0.722. The van der Waals surface area contributed by atoms with E-state index in [1.807, 2.05) is 6.92 Å². The van der Waals surface area contributed by atoms with Crippen LogP contribution in [-0.2, 0) is 0 Å². The maximum atomic E-state index is 9.27. The van der Waals surface area contributed by atoms with Gasteiger partial charge in [-0.15, -0.1) is 0 Å². The van der Waals surface area contributed by atoms with Crippen molar-refractivity contribution in [3.63, 3.8) is 0 Å². The first kappa shape index (κ1) is 13.9. The van der Waals surface area contributed by atoms with Crippen LogP contribution in [0.5, 0.6) is 0 Å². The lowest BCUT2D eigenvalue weighted by Crippen LogP contribution is -2.42. The van der Waals surface area contributed by atoms with Crippen molar-refractivity contribution in [3.8, 4) is 0 Å². The molecule has 3 nitrogen and oxygen atoms in total. The molecular formula is C13H28N2O. The maximum Gasteiger partial charge on any atom is 0.0524 e. The lowest BCUT2D eigenvalue weighted by Gasteiger charge is -2.34. The summed E-state index contributed by atoms with van der Waals surface area (Å²) in [6.45, 7) is 4.04. The van der Waals surface area contributed by atoms with E-state index >= 15 is 0 Å². The van der Waals surface area contributed by atoms with Crippen LogP contribution in [0.1, 0.15) is 39.0 Å². The molecule has 1 saturated carbocycles. The molecule has 0 bridgehead atoms. The van der Waals surface area contributed by atoms with Gasteiger partial charge < -0.3 is 15.3 Å². The third-order valence-electron chi connectivity index (χ3n) is 3.75. The Morgan fingerprint density at radius 2 is 2.06 bits per heavy atom. The molecule has 3 heteroatoms. The molecule has 1 aliphatic rings. The molecule has 0 aliphatic heterocycles. The minimum absolute atomic E-state index is 0.172. The minimum atomic E-state index is -0.172. The highest BCUT2D eigenvalue weighted by Gasteiger charge is 2.24. The maximum absolute atomic E-state index is 9.27. The Hall–Kier alpha value is -0.120. The molecule has 0 radical (unpaired) electrons. The van der Waals surface area contributed by atoms with Crippen molar-refractivity contribution in [1.29, 1.82) is 0 Å². The highest BCUT2D eigenvalue weighted by molar-refractivity contribution is 4.81. The van der Waals surface area contributed by atoms with Gasteiger partial charge in [0.25, 0.3) is 0 Å². The number of nitrogens with one attached hydrogen (secondary N) is 1. The average Bonchev–Trinajstić information content (AvgIpc) is 2.27. The first-order valence-corrected chi connectivity index (χ1v) is 6.67. The van der Waals surface area contributed by atoms with Crippen LogP contribution >= 0.6 is 0 Å². The Morgan fingerprint density at radius 1 is 1.38 bits per heavy atom. The lowest BCUT2D eigenvalue weighted by atomic mass is 9.84. The first-order valence-electron chi connectivity index (χ1n) is 6.67. The molecule has 2 N–H and O–H groups in total. The molecule has 1 aliphatic carbocycles. The van der Waals surface area contributed by atoms with Crippen LogP contribution in [0.4, 0.5) is 0 Å². The van der Waals surface area contributed by atoms with Crippen LogP contribution in [-0.4, -0.2) is 49.3 Å². The van der Waals surface area contributed by atoms with E-state index in [0.29, 0.717) is 6.04 Å². The summed E-state index contributed by atoms with van der Waals surface area (Å²) in [5.41, 5.74) is 0. The summed E-state index contributed by atoms with van der Waals surface area (Å²) in [5.74, 6) is 0.790. The smallest absolute Gasteiger partial charge is 0.0524 e. The van der Waals surface area contributed by atoms with Gasteiger partial charge in [-0.05, 0) is 46.2 Å². The molecule has 0 amide bonds. The zero-order valence-electron chi connectivity index (χ0n) is 11.1. The van der Waals surface area contributed by atoms with E-state index in [-0.39, 0.29) is 6.10 Å². The molecule has 3 atom stereocenters. The fraction of sp³-hybridized carbons (Fsp3) is 1.00. The average molecular weight is 228 g/mol. The minimum Gasteiger partial charge on any atom is -0.393 e. The van der Waals surface area contributed by atoms with Crippen molar-refractivity contribution in [2.24, 2.45) is 5.92 Å². The van der Waals surface area contributed by atoms with Gasteiger partial charge in [0.1, 0.15) is 0 Å². The second-order valence-electron chi connectivity index (χ2n) is 5.34. The molecule has 0 heterocycles. The van der Waals surface area contributed by atoms with Crippen LogP contribution in [0.2, 0.25) is 0 Å². The van der Waals surface area contributed by atoms with Crippen molar-refractivity contribution in [3.05, 3.63) is 0 Å². The fourth-order valence-electron chi connectivity index (χ4n) is 2.71. The molecule has 0 spiro atoms. The standard InChI is InChI=1S/C13H28N2O/c1-11(16)8-9-15(3)10-12-6-4-5-7-13(12)14-2/h11-14,16H,4-10H2,1-3H3. The fourth-order valence-corrected chi connectivity index (χ4v) is 2.71. The summed E-state index contributed by atoms with van der Waals surface area (Å²) >= 11 is 0. The second kappa shape index (κ2) is 7.25. The molecule has 96 valence electrons. The zero-order chi connectivity index (χ0) is 12.0. The molecule has 16 heavy (non-hydrogen) atoms. The molecule has 1 fully saturated rings. The third kappa shape index (κ3) is 4.81.